The van der Waals surface area contributed by atoms with Gasteiger partial charge >= 0.3 is 7.12 Å². The molecule has 0 bridgehead atoms. The van der Waals surface area contributed by atoms with Gasteiger partial charge in [-0.3, -0.25) is 0 Å². The van der Waals surface area contributed by atoms with Gasteiger partial charge in [-0.05, 0) is 58.0 Å². The van der Waals surface area contributed by atoms with Crippen LogP contribution >= 0.6 is 58.0 Å². The second-order valence-electron chi connectivity index (χ2n) is 6.64. The molecular formula is C18H2BCl5F10N6O2. The first kappa shape index (κ1) is 35.4. The van der Waals surface area contributed by atoms with Crippen molar-refractivity contribution in [3.8, 4) is 11.4 Å². The quantitative estimate of drug-likeness (QED) is 0.122. The Hall–Kier alpha value is -2.81. The molecule has 224 valence electrons. The van der Waals surface area contributed by atoms with Crippen molar-refractivity contribution in [2.75, 3.05) is 0 Å². The van der Waals surface area contributed by atoms with Gasteiger partial charge in [-0.15, -0.1) is 0 Å². The molecule has 42 heavy (non-hydrogen) atoms. The molecule has 0 atom stereocenters. The molecule has 0 aliphatic carbocycles. The van der Waals surface area contributed by atoms with Crippen LogP contribution in [0.4, 0.5) is 43.9 Å². The van der Waals surface area contributed by atoms with E-state index >= 15 is 0 Å². The maximum atomic E-state index is 13.4. The van der Waals surface area contributed by atoms with E-state index in [-0.39, 0.29) is 15.9 Å². The van der Waals surface area contributed by atoms with Gasteiger partial charge in [0.2, 0.25) is 32.2 Å². The predicted molar refractivity (Wildman–Crippen MR) is 126 cm³/mol. The SMILES string of the molecule is Clc1nc(Cl)nc(Cl)n1.Fc1c(F)c(F)c(-c2nc(Cl)nc(Cl)n2)c(F)c1F.OB(O)c1c(F)c(F)c(F)c(F)c1F. The van der Waals surface area contributed by atoms with Crippen LogP contribution in [0.3, 0.4) is 0 Å². The van der Waals surface area contributed by atoms with Gasteiger partial charge < -0.3 is 10.0 Å². The molecule has 2 aromatic heterocycles. The van der Waals surface area contributed by atoms with Crippen LogP contribution in [0.1, 0.15) is 0 Å². The van der Waals surface area contributed by atoms with Crippen molar-refractivity contribution >= 4 is 70.6 Å². The van der Waals surface area contributed by atoms with E-state index in [4.69, 9.17) is 68.1 Å². The molecule has 0 amide bonds. The maximum absolute atomic E-state index is 13.4. The third kappa shape index (κ3) is 8.18. The van der Waals surface area contributed by atoms with Crippen LogP contribution in [0.5, 0.6) is 0 Å². The Morgan fingerprint density at radius 3 is 0.905 bits per heavy atom. The third-order valence-corrected chi connectivity index (χ3v) is 4.91. The number of aromatic nitrogens is 6. The number of rotatable bonds is 2. The fourth-order valence-electron chi connectivity index (χ4n) is 2.39. The fourth-order valence-corrected chi connectivity index (χ4v) is 3.36. The normalized spacial score (nSPS) is 10.5. The van der Waals surface area contributed by atoms with Gasteiger partial charge in [-0.1, -0.05) is 0 Å². The molecule has 4 aromatic rings. The number of halogens is 15. The van der Waals surface area contributed by atoms with Gasteiger partial charge in [0, 0.05) is 0 Å². The molecule has 0 saturated carbocycles. The third-order valence-electron chi connectivity index (χ3n) is 4.07. The molecule has 8 nitrogen and oxygen atoms in total. The largest absolute Gasteiger partial charge is 0.494 e. The van der Waals surface area contributed by atoms with Gasteiger partial charge in [-0.2, -0.15) is 29.9 Å². The highest BCUT2D eigenvalue weighted by molar-refractivity contribution is 6.58. The summed E-state index contributed by atoms with van der Waals surface area (Å²) in [6.45, 7) is 0. The number of nitrogens with zero attached hydrogens (tertiary/aromatic N) is 6. The highest BCUT2D eigenvalue weighted by atomic mass is 35.5. The summed E-state index contributed by atoms with van der Waals surface area (Å²) in [5, 5.41) is 15.6. The first-order valence-electron chi connectivity index (χ1n) is 9.57. The summed E-state index contributed by atoms with van der Waals surface area (Å²) in [7, 11) is -2.76. The molecule has 0 fully saturated rings. The van der Waals surface area contributed by atoms with Gasteiger partial charge in [0.15, 0.2) is 58.2 Å². The Morgan fingerprint density at radius 1 is 0.381 bits per heavy atom. The molecule has 24 heteroatoms. The zero-order chi connectivity index (χ0) is 32.2. The Bertz CT molecular complexity index is 1530. The lowest BCUT2D eigenvalue weighted by atomic mass is 9.79. The molecule has 2 aromatic carbocycles. The monoisotopic (exact) mass is 710 g/mol. The summed E-state index contributed by atoms with van der Waals surface area (Å²) in [4.78, 5) is 20.2. The molecule has 0 spiro atoms. The average molecular weight is 712 g/mol. The van der Waals surface area contributed by atoms with E-state index in [1.54, 1.807) is 0 Å². The van der Waals surface area contributed by atoms with Crippen molar-refractivity contribution in [2.24, 2.45) is 0 Å². The Kier molecular flexibility index (Phi) is 12.3. The molecular weight excluding hydrogens is 710 g/mol. The summed E-state index contributed by atoms with van der Waals surface area (Å²) >= 11 is 26.7. The minimum Gasteiger partial charge on any atom is -0.423 e. The summed E-state index contributed by atoms with van der Waals surface area (Å²) < 4.78 is 128. The summed E-state index contributed by atoms with van der Waals surface area (Å²) in [6, 6.07) is 0. The number of hydrogen-bond acceptors (Lipinski definition) is 8. The van der Waals surface area contributed by atoms with Crippen LogP contribution in [0.15, 0.2) is 0 Å². The molecule has 2 N–H and O–H groups in total. The van der Waals surface area contributed by atoms with E-state index in [1.807, 2.05) is 0 Å². The van der Waals surface area contributed by atoms with E-state index in [0.29, 0.717) is 0 Å². The second-order valence-corrected chi connectivity index (χ2v) is 8.33. The lowest BCUT2D eigenvalue weighted by molar-refractivity contribution is 0.373. The van der Waals surface area contributed by atoms with Gasteiger partial charge in [-0.25, -0.2) is 43.9 Å². The number of benzene rings is 2. The number of hydrogen-bond donors (Lipinski definition) is 2. The minimum absolute atomic E-state index is 0.000000000000000444. The molecule has 4 rings (SSSR count). The Labute approximate surface area is 250 Å². The first-order chi connectivity index (χ1) is 19.4. The molecule has 0 saturated heterocycles. The first-order valence-corrected chi connectivity index (χ1v) is 11.5. The van der Waals surface area contributed by atoms with Crippen LogP contribution in [0.25, 0.3) is 11.4 Å². The van der Waals surface area contributed by atoms with Crippen molar-refractivity contribution in [1.82, 2.24) is 29.9 Å². The van der Waals surface area contributed by atoms with Crippen LogP contribution in [0, 0.1) is 58.2 Å². The second kappa shape index (κ2) is 14.6. The molecule has 0 aliphatic heterocycles. The highest BCUT2D eigenvalue weighted by Crippen LogP contribution is 2.30. The van der Waals surface area contributed by atoms with E-state index in [1.165, 1.54) is 0 Å². The summed E-state index contributed by atoms with van der Waals surface area (Å²) in [6.07, 6.45) is 0. The average Bonchev–Trinajstić information content (AvgIpc) is 2.88. The zero-order valence-corrected chi connectivity index (χ0v) is 22.6. The van der Waals surface area contributed by atoms with E-state index in [2.05, 4.69) is 29.9 Å². The maximum Gasteiger partial charge on any atom is 0.494 e. The van der Waals surface area contributed by atoms with Crippen molar-refractivity contribution < 1.29 is 54.0 Å². The van der Waals surface area contributed by atoms with E-state index in [9.17, 15) is 43.9 Å². The lowest BCUT2D eigenvalue weighted by Gasteiger charge is -2.07. The van der Waals surface area contributed by atoms with E-state index < -0.39 is 92.7 Å². The lowest BCUT2D eigenvalue weighted by Crippen LogP contribution is -2.38. The van der Waals surface area contributed by atoms with E-state index in [0.717, 1.165) is 0 Å². The van der Waals surface area contributed by atoms with Gasteiger partial charge in [0.05, 0.1) is 11.0 Å². The highest BCUT2D eigenvalue weighted by Gasteiger charge is 2.32. The molecule has 2 heterocycles. The van der Waals surface area contributed by atoms with Crippen molar-refractivity contribution in [3.05, 3.63) is 84.6 Å². The van der Waals surface area contributed by atoms with Gasteiger partial charge in [0.1, 0.15) is 0 Å². The molecule has 0 unspecified atom stereocenters. The van der Waals surface area contributed by atoms with Crippen LogP contribution in [0.2, 0.25) is 26.4 Å². The summed E-state index contributed by atoms with van der Waals surface area (Å²) in [5.74, 6) is -22.9. The molecule has 0 aliphatic rings. The van der Waals surface area contributed by atoms with Crippen LogP contribution < -0.4 is 5.46 Å². The van der Waals surface area contributed by atoms with Crippen LogP contribution in [-0.2, 0) is 0 Å². The smallest absolute Gasteiger partial charge is 0.423 e. The summed E-state index contributed by atoms with van der Waals surface area (Å²) in [5.41, 5.74) is -3.00. The Balaban J connectivity index is 0.000000235. The minimum atomic E-state index is -2.76. The van der Waals surface area contributed by atoms with Crippen molar-refractivity contribution in [2.45, 2.75) is 0 Å². The van der Waals surface area contributed by atoms with Gasteiger partial charge in [0.25, 0.3) is 0 Å². The fraction of sp³-hybridized carbons (Fsp3) is 0. The van der Waals surface area contributed by atoms with Crippen molar-refractivity contribution in [1.29, 1.82) is 0 Å². The Morgan fingerprint density at radius 2 is 0.619 bits per heavy atom. The van der Waals surface area contributed by atoms with Crippen molar-refractivity contribution in [3.63, 3.8) is 0 Å². The standard InChI is InChI=1S/C9Cl2F5N3.C6H2BF5O2.C3Cl3N3/c10-8-17-7(18-9(11)19-8)1-2(12)4(14)6(16)5(15)3(1)13;8-2-1(7(13)14)3(9)5(11)6(12)4(2)10;4-1-7-2(5)9-3(6)8-1/h;13-14H;. The zero-order valence-electron chi connectivity index (χ0n) is 18.8. The van der Waals surface area contributed by atoms with Crippen LogP contribution in [-0.4, -0.2) is 47.1 Å². The topological polar surface area (TPSA) is 118 Å². The molecule has 0 radical (unpaired) electrons. The predicted octanol–water partition coefficient (Wildman–Crippen LogP) is 5.43.